The zero-order valence-electron chi connectivity index (χ0n) is 23.3. The standard InChI is InChI=1S/C32H36FN3OS/c1-8-19(7)28(17(3)4)34-25(9-2)22-12-10-20(14-24(22)33)27-15-21-11-13-23-29-26(35-32(36-29)18(5)6)16-37-30(23)31(21)38-27/h9-15,17-18,34H,8,16H2,1-7H3,(H,35,36)/b25-9-,28-19+. The normalized spacial score (nSPS) is 14.0. The number of thiophene rings is 1. The summed E-state index contributed by atoms with van der Waals surface area (Å²) in [5, 5.41) is 4.61. The van der Waals surface area contributed by atoms with Crippen LogP contribution in [0.3, 0.4) is 0 Å². The molecule has 1 aliphatic rings. The molecule has 2 aromatic carbocycles. The average molecular weight is 530 g/mol. The minimum Gasteiger partial charge on any atom is -0.485 e. The molecule has 0 atom stereocenters. The molecule has 0 unspecified atom stereocenters. The number of allylic oxidation sites excluding steroid dienone is 3. The van der Waals surface area contributed by atoms with E-state index in [0.717, 1.165) is 66.9 Å². The first-order valence-corrected chi connectivity index (χ1v) is 14.2. The summed E-state index contributed by atoms with van der Waals surface area (Å²) < 4.78 is 22.8. The number of hydrogen-bond acceptors (Lipinski definition) is 4. The number of hydrogen-bond donors (Lipinski definition) is 2. The molecular weight excluding hydrogens is 493 g/mol. The molecule has 0 radical (unpaired) electrons. The van der Waals surface area contributed by atoms with E-state index < -0.39 is 0 Å². The molecule has 2 N–H and O–H groups in total. The molecule has 4 nitrogen and oxygen atoms in total. The smallest absolute Gasteiger partial charge is 0.147 e. The van der Waals surface area contributed by atoms with Crippen LogP contribution in [0.25, 0.3) is 37.5 Å². The Morgan fingerprint density at radius 3 is 2.63 bits per heavy atom. The maximum absolute atomic E-state index is 15.5. The van der Waals surface area contributed by atoms with Gasteiger partial charge in [-0.05, 0) is 61.4 Å². The number of halogens is 1. The van der Waals surface area contributed by atoms with E-state index in [4.69, 9.17) is 9.72 Å². The maximum Gasteiger partial charge on any atom is 0.147 e. The fourth-order valence-electron chi connectivity index (χ4n) is 4.99. The largest absolute Gasteiger partial charge is 0.485 e. The predicted octanol–water partition coefficient (Wildman–Crippen LogP) is 9.40. The number of benzene rings is 2. The minimum atomic E-state index is -0.238. The molecule has 4 aromatic rings. The molecule has 5 rings (SSSR count). The van der Waals surface area contributed by atoms with Crippen molar-refractivity contribution in [1.29, 1.82) is 0 Å². The third-order valence-corrected chi connectivity index (χ3v) is 8.47. The summed E-state index contributed by atoms with van der Waals surface area (Å²) >= 11 is 1.64. The van der Waals surface area contributed by atoms with Crippen molar-refractivity contribution in [2.24, 2.45) is 5.92 Å². The van der Waals surface area contributed by atoms with Crippen molar-refractivity contribution in [3.05, 3.63) is 76.6 Å². The van der Waals surface area contributed by atoms with Crippen LogP contribution in [-0.2, 0) is 6.61 Å². The lowest BCUT2D eigenvalue weighted by Gasteiger charge is -2.21. The van der Waals surface area contributed by atoms with Crippen LogP contribution in [-0.4, -0.2) is 9.97 Å². The maximum atomic E-state index is 15.5. The zero-order chi connectivity index (χ0) is 27.1. The highest BCUT2D eigenvalue weighted by Gasteiger charge is 2.25. The summed E-state index contributed by atoms with van der Waals surface area (Å²) in [4.78, 5) is 9.29. The van der Waals surface area contributed by atoms with E-state index in [1.54, 1.807) is 17.4 Å². The van der Waals surface area contributed by atoms with Gasteiger partial charge < -0.3 is 15.0 Å². The van der Waals surface area contributed by atoms with Gasteiger partial charge in [0.25, 0.3) is 0 Å². The second kappa shape index (κ2) is 10.4. The molecule has 0 fully saturated rings. The molecule has 0 aliphatic carbocycles. The average Bonchev–Trinajstić information content (AvgIpc) is 3.54. The Labute approximate surface area is 228 Å². The zero-order valence-corrected chi connectivity index (χ0v) is 24.1. The molecule has 0 saturated carbocycles. The highest BCUT2D eigenvalue weighted by Crippen LogP contribution is 2.46. The van der Waals surface area contributed by atoms with Crippen molar-refractivity contribution in [1.82, 2.24) is 15.3 Å². The lowest BCUT2D eigenvalue weighted by atomic mass is 10.0. The quantitative estimate of drug-likeness (QED) is 0.251. The van der Waals surface area contributed by atoms with Gasteiger partial charge in [0.1, 0.15) is 24.0 Å². The first kappa shape index (κ1) is 26.2. The minimum absolute atomic E-state index is 0.238. The van der Waals surface area contributed by atoms with Gasteiger partial charge in [0.15, 0.2) is 0 Å². The Morgan fingerprint density at radius 1 is 1.18 bits per heavy atom. The van der Waals surface area contributed by atoms with E-state index in [1.807, 2.05) is 25.1 Å². The number of nitrogens with zero attached hydrogens (tertiary/aromatic N) is 1. The number of H-pyrrole nitrogens is 1. The van der Waals surface area contributed by atoms with Crippen LogP contribution in [0, 0.1) is 11.7 Å². The molecule has 0 bridgehead atoms. The molecule has 0 spiro atoms. The molecule has 6 heteroatoms. The number of rotatable bonds is 7. The summed E-state index contributed by atoms with van der Waals surface area (Å²) in [6.07, 6.45) is 2.90. The molecule has 38 heavy (non-hydrogen) atoms. The van der Waals surface area contributed by atoms with Crippen molar-refractivity contribution in [3.8, 4) is 27.4 Å². The van der Waals surface area contributed by atoms with Crippen molar-refractivity contribution >= 4 is 27.1 Å². The Hall–Kier alpha value is -3.38. The van der Waals surface area contributed by atoms with E-state index in [0.29, 0.717) is 24.0 Å². The molecule has 3 heterocycles. The summed E-state index contributed by atoms with van der Waals surface area (Å²) in [6, 6.07) is 11.9. The molecule has 0 amide bonds. The van der Waals surface area contributed by atoms with Crippen LogP contribution in [0.15, 0.2) is 53.7 Å². The van der Waals surface area contributed by atoms with Crippen molar-refractivity contribution in [3.63, 3.8) is 0 Å². The van der Waals surface area contributed by atoms with E-state index in [1.165, 1.54) is 5.57 Å². The lowest BCUT2D eigenvalue weighted by Crippen LogP contribution is -2.18. The highest BCUT2D eigenvalue weighted by atomic mass is 32.1. The molecule has 2 aromatic heterocycles. The molecular formula is C32H36FN3OS. The van der Waals surface area contributed by atoms with Gasteiger partial charge in [0.2, 0.25) is 0 Å². The van der Waals surface area contributed by atoms with Gasteiger partial charge in [0, 0.05) is 33.3 Å². The van der Waals surface area contributed by atoms with Gasteiger partial charge in [0.05, 0.1) is 16.1 Å². The first-order valence-electron chi connectivity index (χ1n) is 13.4. The summed E-state index contributed by atoms with van der Waals surface area (Å²) in [6.45, 7) is 15.3. The Morgan fingerprint density at radius 2 is 1.97 bits per heavy atom. The number of imidazole rings is 1. The topological polar surface area (TPSA) is 49.9 Å². The number of nitrogens with one attached hydrogen (secondary N) is 2. The number of aromatic nitrogens is 2. The van der Waals surface area contributed by atoms with Crippen LogP contribution in [0.4, 0.5) is 4.39 Å². The summed E-state index contributed by atoms with van der Waals surface area (Å²) in [5.74, 6) is 2.25. The third kappa shape index (κ3) is 4.66. The fraction of sp³-hybridized carbons (Fsp3) is 0.344. The molecule has 1 aliphatic heterocycles. The van der Waals surface area contributed by atoms with Gasteiger partial charge in [-0.3, -0.25) is 0 Å². The van der Waals surface area contributed by atoms with Gasteiger partial charge in [-0.2, -0.15) is 0 Å². The predicted molar refractivity (Wildman–Crippen MR) is 158 cm³/mol. The van der Waals surface area contributed by atoms with Gasteiger partial charge >= 0.3 is 0 Å². The molecule has 198 valence electrons. The van der Waals surface area contributed by atoms with E-state index in [2.05, 4.69) is 70.0 Å². The Balaban J connectivity index is 1.49. The van der Waals surface area contributed by atoms with E-state index >= 15 is 4.39 Å². The fourth-order valence-corrected chi connectivity index (χ4v) is 6.14. The van der Waals surface area contributed by atoms with Gasteiger partial charge in [-0.1, -0.05) is 58.4 Å². The van der Waals surface area contributed by atoms with Crippen LogP contribution >= 0.6 is 11.3 Å². The number of fused-ring (bicyclic) bond motifs is 5. The van der Waals surface area contributed by atoms with Crippen molar-refractivity contribution < 1.29 is 9.13 Å². The Kier molecular flexibility index (Phi) is 7.19. The third-order valence-electron chi connectivity index (χ3n) is 7.27. The first-order chi connectivity index (χ1) is 18.2. The summed E-state index contributed by atoms with van der Waals surface area (Å²) in [7, 11) is 0. The Bertz CT molecular complexity index is 1570. The van der Waals surface area contributed by atoms with Gasteiger partial charge in [-0.15, -0.1) is 11.3 Å². The van der Waals surface area contributed by atoms with Crippen molar-refractivity contribution in [2.75, 3.05) is 0 Å². The van der Waals surface area contributed by atoms with Crippen LogP contribution in [0.5, 0.6) is 5.75 Å². The molecule has 0 saturated heterocycles. The van der Waals surface area contributed by atoms with E-state index in [9.17, 15) is 0 Å². The van der Waals surface area contributed by atoms with Gasteiger partial charge in [-0.25, -0.2) is 9.37 Å². The number of ether oxygens (including phenoxy) is 1. The SMILES string of the molecule is C/C=C(\N/C(=C(\C)CC)C(C)C)c1ccc(-c2cc3ccc4c(c3s2)OCc2[nH]c(C(C)C)nc2-4)cc1F. The monoisotopic (exact) mass is 529 g/mol. The van der Waals surface area contributed by atoms with Crippen LogP contribution < -0.4 is 10.1 Å². The number of aromatic amines is 1. The van der Waals surface area contributed by atoms with Crippen molar-refractivity contribution in [2.45, 2.75) is 67.4 Å². The van der Waals surface area contributed by atoms with Crippen LogP contribution in [0.2, 0.25) is 0 Å². The van der Waals surface area contributed by atoms with Crippen LogP contribution in [0.1, 0.15) is 77.9 Å². The van der Waals surface area contributed by atoms with E-state index in [-0.39, 0.29) is 5.82 Å². The lowest BCUT2D eigenvalue weighted by molar-refractivity contribution is 0.302. The highest BCUT2D eigenvalue weighted by molar-refractivity contribution is 7.22. The second-order valence-electron chi connectivity index (χ2n) is 10.6. The summed E-state index contributed by atoms with van der Waals surface area (Å²) in [5.41, 5.74) is 7.67. The second-order valence-corrected chi connectivity index (χ2v) is 11.6.